The van der Waals surface area contributed by atoms with Crippen molar-refractivity contribution in [1.82, 2.24) is 4.31 Å². The summed E-state index contributed by atoms with van der Waals surface area (Å²) in [6, 6.07) is 7.13. The van der Waals surface area contributed by atoms with E-state index in [0.717, 1.165) is 37.7 Å². The fraction of sp³-hybridized carbons (Fsp3) is 0.680. The van der Waals surface area contributed by atoms with Gasteiger partial charge in [0.25, 0.3) is 0 Å². The highest BCUT2D eigenvalue weighted by Crippen LogP contribution is 2.35. The first kappa shape index (κ1) is 24.4. The van der Waals surface area contributed by atoms with Gasteiger partial charge in [-0.1, -0.05) is 63.5 Å². The second-order valence-electron chi connectivity index (χ2n) is 10.1. The summed E-state index contributed by atoms with van der Waals surface area (Å²) in [5, 5.41) is 0. The summed E-state index contributed by atoms with van der Waals surface area (Å²) in [6.07, 6.45) is 9.47. The standard InChI is InChI=1S/C25H39NO4S/c1-6-7-9-21-13-14-22(10-8-17-25(5)29-18-24(3,4)19-30-25)26(21)31(27,28)23-15-11-20(2)12-16-23/h8,10-12,15-16,21-22H,6-7,9,13-14,17-19H2,1-5H3/b10-8+/t21-,22+/m1/s1. The number of aryl methyl sites for hydroxylation is 1. The third-order valence-electron chi connectivity index (χ3n) is 6.35. The van der Waals surface area contributed by atoms with Gasteiger partial charge in [-0.25, -0.2) is 8.42 Å². The monoisotopic (exact) mass is 449 g/mol. The topological polar surface area (TPSA) is 55.8 Å². The number of unbranched alkanes of at least 4 members (excludes halogenated alkanes) is 1. The molecule has 2 heterocycles. The number of rotatable bonds is 8. The highest BCUT2D eigenvalue weighted by atomic mass is 32.2. The van der Waals surface area contributed by atoms with Crippen molar-refractivity contribution in [3.8, 4) is 0 Å². The Morgan fingerprint density at radius 1 is 1.10 bits per heavy atom. The zero-order valence-corrected chi connectivity index (χ0v) is 20.6. The highest BCUT2D eigenvalue weighted by molar-refractivity contribution is 7.89. The Hall–Kier alpha value is -1.21. The minimum atomic E-state index is -3.55. The van der Waals surface area contributed by atoms with Gasteiger partial charge in [0.05, 0.1) is 18.1 Å². The summed E-state index contributed by atoms with van der Waals surface area (Å²) in [7, 11) is -3.55. The quantitative estimate of drug-likeness (QED) is 0.496. The Labute approximate surface area is 188 Å². The molecule has 2 fully saturated rings. The maximum atomic E-state index is 13.6. The Balaban J connectivity index is 1.76. The molecule has 2 atom stereocenters. The van der Waals surface area contributed by atoms with Crippen LogP contribution in [0, 0.1) is 12.3 Å². The minimum Gasteiger partial charge on any atom is -0.349 e. The van der Waals surface area contributed by atoms with E-state index in [1.807, 2.05) is 32.1 Å². The van der Waals surface area contributed by atoms with Gasteiger partial charge in [-0.15, -0.1) is 0 Å². The molecule has 31 heavy (non-hydrogen) atoms. The summed E-state index contributed by atoms with van der Waals surface area (Å²) >= 11 is 0. The van der Waals surface area contributed by atoms with Gasteiger partial charge in [-0.2, -0.15) is 4.31 Å². The number of hydrogen-bond acceptors (Lipinski definition) is 4. The molecular weight excluding hydrogens is 410 g/mol. The fourth-order valence-corrected chi connectivity index (χ4v) is 6.18. The highest BCUT2D eigenvalue weighted by Gasteiger charge is 2.41. The van der Waals surface area contributed by atoms with Crippen LogP contribution in [-0.2, 0) is 19.5 Å². The van der Waals surface area contributed by atoms with Crippen LogP contribution in [0.1, 0.15) is 71.8 Å². The SMILES string of the molecule is CCCC[C@@H]1CC[C@H](/C=C/CC2(C)OCC(C)(C)CO2)N1S(=O)(=O)c1ccc(C)cc1. The molecule has 0 radical (unpaired) electrons. The molecule has 3 rings (SSSR count). The molecule has 0 aromatic heterocycles. The van der Waals surface area contributed by atoms with Crippen molar-refractivity contribution in [2.24, 2.45) is 5.41 Å². The predicted octanol–water partition coefficient (Wildman–Crippen LogP) is 5.44. The van der Waals surface area contributed by atoms with E-state index in [9.17, 15) is 8.42 Å². The van der Waals surface area contributed by atoms with Crippen molar-refractivity contribution in [2.45, 2.75) is 95.9 Å². The summed E-state index contributed by atoms with van der Waals surface area (Å²) in [5.41, 5.74) is 1.09. The molecular formula is C25H39NO4S. The molecule has 1 aromatic rings. The van der Waals surface area contributed by atoms with Gasteiger partial charge < -0.3 is 9.47 Å². The van der Waals surface area contributed by atoms with E-state index in [0.29, 0.717) is 24.5 Å². The van der Waals surface area contributed by atoms with E-state index < -0.39 is 15.8 Å². The molecule has 0 amide bonds. The summed E-state index contributed by atoms with van der Waals surface area (Å²) < 4.78 is 40.9. The van der Waals surface area contributed by atoms with E-state index >= 15 is 0 Å². The Bertz CT molecular complexity index is 850. The lowest BCUT2D eigenvalue weighted by Crippen LogP contribution is -2.45. The molecule has 0 unspecified atom stereocenters. The summed E-state index contributed by atoms with van der Waals surface area (Å²) in [4.78, 5) is 0.382. The molecule has 5 nitrogen and oxygen atoms in total. The van der Waals surface area contributed by atoms with E-state index in [1.54, 1.807) is 16.4 Å². The second kappa shape index (κ2) is 9.74. The van der Waals surface area contributed by atoms with E-state index in [-0.39, 0.29) is 17.5 Å². The third kappa shape index (κ3) is 5.98. The van der Waals surface area contributed by atoms with Crippen molar-refractivity contribution in [3.05, 3.63) is 42.0 Å². The molecule has 0 spiro atoms. The van der Waals surface area contributed by atoms with Crippen molar-refractivity contribution < 1.29 is 17.9 Å². The molecule has 2 aliphatic rings. The normalized spacial score (nSPS) is 26.5. The molecule has 174 valence electrons. The summed E-state index contributed by atoms with van der Waals surface area (Å²) in [6.45, 7) is 11.7. The van der Waals surface area contributed by atoms with Crippen LogP contribution in [0.4, 0.5) is 0 Å². The first-order chi connectivity index (χ1) is 14.6. The number of nitrogens with zero attached hydrogens (tertiary/aromatic N) is 1. The van der Waals surface area contributed by atoms with Gasteiger partial charge in [0.1, 0.15) is 0 Å². The minimum absolute atomic E-state index is 0.0279. The van der Waals surface area contributed by atoms with Crippen LogP contribution >= 0.6 is 0 Å². The smallest absolute Gasteiger partial charge is 0.243 e. The molecule has 6 heteroatoms. The zero-order chi connectivity index (χ0) is 22.7. The molecule has 0 N–H and O–H groups in total. The van der Waals surface area contributed by atoms with Crippen LogP contribution in [0.2, 0.25) is 0 Å². The zero-order valence-electron chi connectivity index (χ0n) is 19.8. The van der Waals surface area contributed by atoms with Crippen LogP contribution in [0.5, 0.6) is 0 Å². The Morgan fingerprint density at radius 3 is 2.35 bits per heavy atom. The first-order valence-electron chi connectivity index (χ1n) is 11.6. The molecule has 0 saturated carbocycles. The van der Waals surface area contributed by atoms with Gasteiger partial charge in [-0.05, 0) is 45.2 Å². The number of ether oxygens (including phenoxy) is 2. The maximum Gasteiger partial charge on any atom is 0.243 e. The maximum absolute atomic E-state index is 13.6. The van der Waals surface area contributed by atoms with Gasteiger partial charge in [-0.3, -0.25) is 0 Å². The van der Waals surface area contributed by atoms with Crippen LogP contribution in [0.3, 0.4) is 0 Å². The fourth-order valence-electron chi connectivity index (χ4n) is 4.32. The van der Waals surface area contributed by atoms with E-state index in [1.165, 1.54) is 0 Å². The molecule has 2 saturated heterocycles. The number of benzene rings is 1. The molecule has 0 aliphatic carbocycles. The molecule has 2 aliphatic heterocycles. The summed E-state index contributed by atoms with van der Waals surface area (Å²) in [5.74, 6) is -0.646. The third-order valence-corrected chi connectivity index (χ3v) is 8.34. The van der Waals surface area contributed by atoms with Crippen molar-refractivity contribution >= 4 is 10.0 Å². The average Bonchev–Trinajstić information content (AvgIpc) is 3.13. The van der Waals surface area contributed by atoms with E-state index in [2.05, 4.69) is 26.8 Å². The lowest BCUT2D eigenvalue weighted by Gasteiger charge is -2.41. The Morgan fingerprint density at radius 2 is 1.74 bits per heavy atom. The first-order valence-corrected chi connectivity index (χ1v) is 13.1. The van der Waals surface area contributed by atoms with Crippen LogP contribution in [-0.4, -0.2) is 43.8 Å². The van der Waals surface area contributed by atoms with Crippen LogP contribution in [0.15, 0.2) is 41.3 Å². The molecule has 1 aromatic carbocycles. The van der Waals surface area contributed by atoms with Gasteiger partial charge >= 0.3 is 0 Å². The largest absolute Gasteiger partial charge is 0.349 e. The van der Waals surface area contributed by atoms with Crippen LogP contribution < -0.4 is 0 Å². The van der Waals surface area contributed by atoms with Gasteiger partial charge in [0.15, 0.2) is 5.79 Å². The number of hydrogen-bond donors (Lipinski definition) is 0. The van der Waals surface area contributed by atoms with Gasteiger partial charge in [0.2, 0.25) is 10.0 Å². The lowest BCUT2D eigenvalue weighted by atomic mass is 9.94. The second-order valence-corrected chi connectivity index (χ2v) is 11.9. The van der Waals surface area contributed by atoms with Crippen LogP contribution in [0.25, 0.3) is 0 Å². The molecule has 0 bridgehead atoms. The number of sulfonamides is 1. The van der Waals surface area contributed by atoms with Gasteiger partial charge in [0, 0.05) is 23.9 Å². The Kier molecular flexibility index (Phi) is 7.67. The average molecular weight is 450 g/mol. The van der Waals surface area contributed by atoms with Crippen molar-refractivity contribution in [2.75, 3.05) is 13.2 Å². The lowest BCUT2D eigenvalue weighted by molar-refractivity contribution is -0.287. The van der Waals surface area contributed by atoms with Crippen molar-refractivity contribution in [3.63, 3.8) is 0 Å². The van der Waals surface area contributed by atoms with Crippen molar-refractivity contribution in [1.29, 1.82) is 0 Å². The predicted molar refractivity (Wildman–Crippen MR) is 124 cm³/mol. The van der Waals surface area contributed by atoms with E-state index in [4.69, 9.17) is 9.47 Å².